The molecule has 0 saturated heterocycles. The van der Waals surface area contributed by atoms with Gasteiger partial charge in [-0.1, -0.05) is 0 Å². The summed E-state index contributed by atoms with van der Waals surface area (Å²) in [5, 5.41) is 9.07. The van der Waals surface area contributed by atoms with Crippen LogP contribution in [0.25, 0.3) is 0 Å². The normalized spacial score (nSPS) is 10.5. The molecule has 0 aliphatic carbocycles. The molecule has 88 valence electrons. The van der Waals surface area contributed by atoms with Gasteiger partial charge in [-0.3, -0.25) is 4.98 Å². The van der Waals surface area contributed by atoms with Gasteiger partial charge in [0.2, 0.25) is 0 Å². The number of carboxylic acid groups (broad SMARTS) is 1. The molecule has 0 unspecified atom stereocenters. The lowest BCUT2D eigenvalue weighted by molar-refractivity contribution is 0.0685. The quantitative estimate of drug-likeness (QED) is 0.947. The molecule has 0 aromatic carbocycles. The average Bonchev–Trinajstić information content (AvgIpc) is 2.63. The third-order valence-electron chi connectivity index (χ3n) is 2.56. The lowest BCUT2D eigenvalue weighted by Gasteiger charge is -2.08. The van der Waals surface area contributed by atoms with Crippen LogP contribution in [0.1, 0.15) is 21.6 Å². The maximum Gasteiger partial charge on any atom is 0.352 e. The Morgan fingerprint density at radius 3 is 3.00 bits per heavy atom. The highest BCUT2D eigenvalue weighted by molar-refractivity contribution is 9.10. The molecular formula is C12H11BrN2O2. The predicted octanol–water partition coefficient (Wildman–Crippen LogP) is 2.70. The number of aryl methyl sites for hydroxylation is 1. The van der Waals surface area contributed by atoms with Crippen LogP contribution in [0.15, 0.2) is 35.2 Å². The Bertz CT molecular complexity index is 563. The third-order valence-corrected chi connectivity index (χ3v) is 2.99. The number of aromatic carboxylic acids is 1. The van der Waals surface area contributed by atoms with E-state index >= 15 is 0 Å². The minimum atomic E-state index is -0.928. The van der Waals surface area contributed by atoms with E-state index in [2.05, 4.69) is 20.9 Å². The summed E-state index contributed by atoms with van der Waals surface area (Å²) in [4.78, 5) is 15.1. The molecule has 5 heteroatoms. The summed E-state index contributed by atoms with van der Waals surface area (Å²) in [7, 11) is 0. The lowest BCUT2D eigenvalue weighted by atomic mass is 10.1. The van der Waals surface area contributed by atoms with Crippen molar-refractivity contribution in [2.45, 2.75) is 13.5 Å². The number of pyridine rings is 1. The number of hydrogen-bond donors (Lipinski definition) is 1. The molecule has 2 aromatic heterocycles. The Morgan fingerprint density at radius 1 is 1.59 bits per heavy atom. The number of carboxylic acids is 1. The van der Waals surface area contributed by atoms with Crippen LogP contribution in [-0.4, -0.2) is 20.6 Å². The Morgan fingerprint density at radius 2 is 2.35 bits per heavy atom. The summed E-state index contributed by atoms with van der Waals surface area (Å²) in [6.07, 6.45) is 5.25. The molecule has 0 radical (unpaired) electrons. The molecule has 0 aliphatic heterocycles. The maximum absolute atomic E-state index is 11.1. The highest BCUT2D eigenvalue weighted by Gasteiger charge is 2.12. The van der Waals surface area contributed by atoms with Crippen molar-refractivity contribution < 1.29 is 9.90 Å². The SMILES string of the molecule is Cc1cnccc1Cn1cc(Br)cc1C(=O)O. The van der Waals surface area contributed by atoms with Crippen LogP contribution in [0.3, 0.4) is 0 Å². The summed E-state index contributed by atoms with van der Waals surface area (Å²) >= 11 is 3.29. The van der Waals surface area contributed by atoms with Crippen LogP contribution < -0.4 is 0 Å². The van der Waals surface area contributed by atoms with Crippen molar-refractivity contribution in [2.75, 3.05) is 0 Å². The number of aromatic nitrogens is 2. The lowest BCUT2D eigenvalue weighted by Crippen LogP contribution is -2.09. The fraction of sp³-hybridized carbons (Fsp3) is 0.167. The highest BCUT2D eigenvalue weighted by Crippen LogP contribution is 2.17. The number of carbonyl (C=O) groups is 1. The summed E-state index contributed by atoms with van der Waals surface area (Å²) in [6.45, 7) is 2.49. The molecule has 0 fully saturated rings. The average molecular weight is 295 g/mol. The Balaban J connectivity index is 2.36. The second kappa shape index (κ2) is 4.71. The fourth-order valence-electron chi connectivity index (χ4n) is 1.65. The van der Waals surface area contributed by atoms with Gasteiger partial charge >= 0.3 is 5.97 Å². The Kier molecular flexibility index (Phi) is 3.28. The van der Waals surface area contributed by atoms with Crippen LogP contribution in [0.5, 0.6) is 0 Å². The van der Waals surface area contributed by atoms with Crippen molar-refractivity contribution in [3.05, 3.63) is 52.0 Å². The Hall–Kier alpha value is -1.62. The predicted molar refractivity (Wildman–Crippen MR) is 67.2 cm³/mol. The van der Waals surface area contributed by atoms with Crippen molar-refractivity contribution in [1.82, 2.24) is 9.55 Å². The van der Waals surface area contributed by atoms with Gasteiger partial charge in [0.05, 0.1) is 0 Å². The van der Waals surface area contributed by atoms with E-state index in [4.69, 9.17) is 5.11 Å². The van der Waals surface area contributed by atoms with E-state index in [0.717, 1.165) is 15.6 Å². The molecule has 0 saturated carbocycles. The van der Waals surface area contributed by atoms with Crippen molar-refractivity contribution in [3.8, 4) is 0 Å². The summed E-state index contributed by atoms with van der Waals surface area (Å²) in [5.41, 5.74) is 2.38. The van der Waals surface area contributed by atoms with Gasteiger partial charge in [0.25, 0.3) is 0 Å². The molecule has 4 nitrogen and oxygen atoms in total. The fourth-order valence-corrected chi connectivity index (χ4v) is 2.11. The van der Waals surface area contributed by atoms with E-state index in [-0.39, 0.29) is 5.69 Å². The number of hydrogen-bond acceptors (Lipinski definition) is 2. The molecule has 2 rings (SSSR count). The standard InChI is InChI=1S/C12H11BrN2O2/c1-8-5-14-3-2-9(8)6-15-7-10(13)4-11(15)12(16)17/h2-5,7H,6H2,1H3,(H,16,17). The molecule has 2 heterocycles. The third kappa shape index (κ3) is 2.55. The smallest absolute Gasteiger partial charge is 0.352 e. The second-order valence-electron chi connectivity index (χ2n) is 3.78. The summed E-state index contributed by atoms with van der Waals surface area (Å²) in [5.74, 6) is -0.928. The van der Waals surface area contributed by atoms with Gasteiger partial charge < -0.3 is 9.67 Å². The van der Waals surface area contributed by atoms with Gasteiger partial charge in [-0.05, 0) is 46.1 Å². The van der Waals surface area contributed by atoms with E-state index < -0.39 is 5.97 Å². The van der Waals surface area contributed by atoms with Crippen LogP contribution in [0.2, 0.25) is 0 Å². The van der Waals surface area contributed by atoms with Crippen LogP contribution >= 0.6 is 15.9 Å². The first-order chi connectivity index (χ1) is 8.08. The van der Waals surface area contributed by atoms with E-state index in [1.54, 1.807) is 29.2 Å². The first-order valence-corrected chi connectivity index (χ1v) is 5.85. The largest absolute Gasteiger partial charge is 0.477 e. The first-order valence-electron chi connectivity index (χ1n) is 5.06. The van der Waals surface area contributed by atoms with Crippen molar-refractivity contribution in [2.24, 2.45) is 0 Å². The topological polar surface area (TPSA) is 55.1 Å². The molecular weight excluding hydrogens is 284 g/mol. The molecule has 2 aromatic rings. The monoisotopic (exact) mass is 294 g/mol. The summed E-state index contributed by atoms with van der Waals surface area (Å²) < 4.78 is 2.47. The van der Waals surface area contributed by atoms with Gasteiger partial charge in [0.15, 0.2) is 0 Å². The minimum absolute atomic E-state index is 0.271. The van der Waals surface area contributed by atoms with Gasteiger partial charge in [-0.15, -0.1) is 0 Å². The molecule has 1 N–H and O–H groups in total. The van der Waals surface area contributed by atoms with Gasteiger partial charge in [0, 0.05) is 29.6 Å². The first kappa shape index (κ1) is 11.9. The van der Waals surface area contributed by atoms with E-state index in [1.807, 2.05) is 13.0 Å². The minimum Gasteiger partial charge on any atom is -0.477 e. The van der Waals surface area contributed by atoms with Gasteiger partial charge in [0.1, 0.15) is 5.69 Å². The molecule has 0 atom stereocenters. The molecule has 17 heavy (non-hydrogen) atoms. The molecule has 0 bridgehead atoms. The van der Waals surface area contributed by atoms with Crippen molar-refractivity contribution in [3.63, 3.8) is 0 Å². The van der Waals surface area contributed by atoms with Gasteiger partial charge in [-0.25, -0.2) is 4.79 Å². The zero-order valence-electron chi connectivity index (χ0n) is 9.22. The number of nitrogens with zero attached hydrogens (tertiary/aromatic N) is 2. The zero-order chi connectivity index (χ0) is 12.4. The van der Waals surface area contributed by atoms with Gasteiger partial charge in [-0.2, -0.15) is 0 Å². The number of halogens is 1. The van der Waals surface area contributed by atoms with Crippen LogP contribution in [-0.2, 0) is 6.54 Å². The van der Waals surface area contributed by atoms with E-state index in [0.29, 0.717) is 6.54 Å². The van der Waals surface area contributed by atoms with Crippen LogP contribution in [0.4, 0.5) is 0 Å². The van der Waals surface area contributed by atoms with E-state index in [1.165, 1.54) is 0 Å². The summed E-state index contributed by atoms with van der Waals surface area (Å²) in [6, 6.07) is 3.49. The molecule has 0 spiro atoms. The van der Waals surface area contributed by atoms with Crippen molar-refractivity contribution >= 4 is 21.9 Å². The van der Waals surface area contributed by atoms with E-state index in [9.17, 15) is 4.79 Å². The molecule has 0 aliphatic rings. The maximum atomic E-state index is 11.1. The molecule has 0 amide bonds. The highest BCUT2D eigenvalue weighted by atomic mass is 79.9. The number of rotatable bonds is 3. The zero-order valence-corrected chi connectivity index (χ0v) is 10.8. The van der Waals surface area contributed by atoms with Crippen LogP contribution in [0, 0.1) is 6.92 Å². The second-order valence-corrected chi connectivity index (χ2v) is 4.69. The van der Waals surface area contributed by atoms with Crippen molar-refractivity contribution in [1.29, 1.82) is 0 Å². The Labute approximate surface area is 107 Å².